The molecule has 0 atom stereocenters. The average Bonchev–Trinajstić information content (AvgIpc) is 2.99. The molecule has 0 radical (unpaired) electrons. The maximum Gasteiger partial charge on any atom is 0.332 e. The van der Waals surface area contributed by atoms with E-state index in [4.69, 9.17) is 4.42 Å². The van der Waals surface area contributed by atoms with E-state index in [-0.39, 0.29) is 22.9 Å². The van der Waals surface area contributed by atoms with Gasteiger partial charge in [0, 0.05) is 11.4 Å². The molecule has 2 aromatic carbocycles. The van der Waals surface area contributed by atoms with Gasteiger partial charge in [0.05, 0.1) is 6.54 Å². The molecular weight excluding hydrogens is 316 g/mol. The Hall–Kier alpha value is -3.08. The van der Waals surface area contributed by atoms with Gasteiger partial charge in [-0.3, -0.25) is 13.9 Å². The van der Waals surface area contributed by atoms with Gasteiger partial charge < -0.3 is 4.42 Å². The molecular formula is C20H18N2O3. The molecule has 0 N–H and O–H groups in total. The number of rotatable bonds is 3. The van der Waals surface area contributed by atoms with Crippen molar-refractivity contribution in [3.63, 3.8) is 0 Å². The van der Waals surface area contributed by atoms with E-state index >= 15 is 0 Å². The highest BCUT2D eigenvalue weighted by atomic mass is 16.3. The van der Waals surface area contributed by atoms with Crippen molar-refractivity contribution in [2.45, 2.75) is 26.4 Å². The van der Waals surface area contributed by atoms with Gasteiger partial charge in [-0.1, -0.05) is 42.5 Å². The summed E-state index contributed by atoms with van der Waals surface area (Å²) in [5, 5.41) is 0.776. The molecule has 0 amide bonds. The maximum absolute atomic E-state index is 13.1. The predicted molar refractivity (Wildman–Crippen MR) is 98.2 cm³/mol. The van der Waals surface area contributed by atoms with Crippen molar-refractivity contribution in [1.29, 1.82) is 0 Å². The Balaban J connectivity index is 2.14. The summed E-state index contributed by atoms with van der Waals surface area (Å²) in [5.41, 5.74) is 1.69. The molecule has 4 aromatic rings. The second-order valence-electron chi connectivity index (χ2n) is 6.40. The van der Waals surface area contributed by atoms with Crippen LogP contribution in [0.3, 0.4) is 0 Å². The van der Waals surface area contributed by atoms with Crippen LogP contribution in [0.25, 0.3) is 22.1 Å². The summed E-state index contributed by atoms with van der Waals surface area (Å²) >= 11 is 0. The number of hydrogen-bond donors (Lipinski definition) is 0. The van der Waals surface area contributed by atoms with E-state index in [2.05, 4.69) is 0 Å². The van der Waals surface area contributed by atoms with Crippen molar-refractivity contribution in [3.8, 4) is 0 Å². The minimum atomic E-state index is -0.379. The second-order valence-corrected chi connectivity index (χ2v) is 6.40. The molecule has 0 unspecified atom stereocenters. The van der Waals surface area contributed by atoms with Crippen molar-refractivity contribution in [3.05, 3.63) is 81.0 Å². The Labute approximate surface area is 143 Å². The molecule has 5 heteroatoms. The van der Waals surface area contributed by atoms with Crippen LogP contribution in [0.2, 0.25) is 0 Å². The zero-order valence-corrected chi connectivity index (χ0v) is 14.1. The standard InChI is InChI=1S/C20H18N2O3/c1-13(2)22-19(23)18-17(15-10-6-7-11-16(15)25-18)21(20(22)24)12-14-8-4-3-5-9-14/h3-11,13H,12H2,1-2H3. The molecule has 0 aliphatic heterocycles. The fraction of sp³-hybridized carbons (Fsp3) is 0.200. The monoisotopic (exact) mass is 334 g/mol. The Morgan fingerprint density at radius 1 is 0.960 bits per heavy atom. The summed E-state index contributed by atoms with van der Waals surface area (Å²) in [4.78, 5) is 25.9. The summed E-state index contributed by atoms with van der Waals surface area (Å²) < 4.78 is 8.71. The predicted octanol–water partition coefficient (Wildman–Crippen LogP) is 3.54. The Bertz CT molecular complexity index is 1180. The fourth-order valence-corrected chi connectivity index (χ4v) is 3.23. The topological polar surface area (TPSA) is 57.1 Å². The van der Waals surface area contributed by atoms with Gasteiger partial charge in [-0.25, -0.2) is 4.79 Å². The molecule has 25 heavy (non-hydrogen) atoms. The third-order valence-corrected chi connectivity index (χ3v) is 4.39. The van der Waals surface area contributed by atoms with Crippen LogP contribution in [0.5, 0.6) is 0 Å². The Kier molecular flexibility index (Phi) is 3.57. The molecule has 0 fully saturated rings. The SMILES string of the molecule is CC(C)n1c(=O)c2oc3ccccc3c2n(Cc2ccccc2)c1=O. The smallest absolute Gasteiger partial charge is 0.332 e. The van der Waals surface area contributed by atoms with Gasteiger partial charge in [0.25, 0.3) is 5.56 Å². The molecule has 126 valence electrons. The molecule has 4 rings (SSSR count). The zero-order valence-electron chi connectivity index (χ0n) is 14.1. The van der Waals surface area contributed by atoms with E-state index in [1.165, 1.54) is 4.57 Å². The molecule has 2 heterocycles. The minimum absolute atomic E-state index is 0.227. The number of aromatic nitrogens is 2. The van der Waals surface area contributed by atoms with Gasteiger partial charge >= 0.3 is 5.69 Å². The van der Waals surface area contributed by atoms with Crippen LogP contribution >= 0.6 is 0 Å². The second kappa shape index (κ2) is 5.77. The highest BCUT2D eigenvalue weighted by Gasteiger charge is 2.20. The molecule has 0 aliphatic carbocycles. The van der Waals surface area contributed by atoms with Gasteiger partial charge in [0.2, 0.25) is 5.58 Å². The zero-order chi connectivity index (χ0) is 17.6. The van der Waals surface area contributed by atoms with Gasteiger partial charge in [-0.2, -0.15) is 0 Å². The summed E-state index contributed by atoms with van der Waals surface area (Å²) in [6.07, 6.45) is 0. The molecule has 0 saturated carbocycles. The van der Waals surface area contributed by atoms with Crippen LogP contribution in [-0.4, -0.2) is 9.13 Å². The largest absolute Gasteiger partial charge is 0.449 e. The van der Waals surface area contributed by atoms with Crippen molar-refractivity contribution < 1.29 is 4.42 Å². The van der Waals surface area contributed by atoms with Crippen LogP contribution in [0, 0.1) is 0 Å². The summed E-state index contributed by atoms with van der Waals surface area (Å²) in [6.45, 7) is 4.03. The molecule has 0 saturated heterocycles. The van der Waals surface area contributed by atoms with Gasteiger partial charge in [-0.15, -0.1) is 0 Å². The molecule has 0 spiro atoms. The lowest BCUT2D eigenvalue weighted by Gasteiger charge is -2.14. The normalized spacial score (nSPS) is 11.6. The number of benzene rings is 2. The first-order valence-electron chi connectivity index (χ1n) is 8.28. The lowest BCUT2D eigenvalue weighted by atomic mass is 10.2. The molecule has 0 aliphatic rings. The van der Waals surface area contributed by atoms with Crippen LogP contribution in [0.4, 0.5) is 0 Å². The average molecular weight is 334 g/mol. The molecule has 2 aromatic heterocycles. The first-order chi connectivity index (χ1) is 12.1. The van der Waals surface area contributed by atoms with E-state index < -0.39 is 0 Å². The first-order valence-corrected chi connectivity index (χ1v) is 8.28. The van der Waals surface area contributed by atoms with E-state index in [0.29, 0.717) is 17.6 Å². The lowest BCUT2D eigenvalue weighted by molar-refractivity contribution is 0.513. The molecule has 0 bridgehead atoms. The Morgan fingerprint density at radius 2 is 1.64 bits per heavy atom. The van der Waals surface area contributed by atoms with E-state index in [1.807, 2.05) is 68.4 Å². The van der Waals surface area contributed by atoms with Gasteiger partial charge in [0.15, 0.2) is 0 Å². The number of hydrogen-bond acceptors (Lipinski definition) is 3. The van der Waals surface area contributed by atoms with Crippen molar-refractivity contribution in [2.75, 3.05) is 0 Å². The summed E-state index contributed by atoms with van der Waals surface area (Å²) in [6, 6.07) is 16.9. The maximum atomic E-state index is 13.1. The van der Waals surface area contributed by atoms with Crippen LogP contribution < -0.4 is 11.2 Å². The third-order valence-electron chi connectivity index (χ3n) is 4.39. The molecule has 5 nitrogen and oxygen atoms in total. The van der Waals surface area contributed by atoms with Crippen LogP contribution in [0.1, 0.15) is 25.5 Å². The van der Waals surface area contributed by atoms with Gasteiger partial charge in [0.1, 0.15) is 11.1 Å². The van der Waals surface area contributed by atoms with Crippen LogP contribution in [0.15, 0.2) is 68.6 Å². The minimum Gasteiger partial charge on any atom is -0.449 e. The quantitative estimate of drug-likeness (QED) is 0.576. The number of para-hydroxylation sites is 1. The van der Waals surface area contributed by atoms with Gasteiger partial charge in [-0.05, 0) is 31.5 Å². The number of fused-ring (bicyclic) bond motifs is 3. The van der Waals surface area contributed by atoms with E-state index in [0.717, 1.165) is 10.9 Å². The number of nitrogens with zero attached hydrogens (tertiary/aromatic N) is 2. The van der Waals surface area contributed by atoms with Crippen LogP contribution in [-0.2, 0) is 6.54 Å². The first kappa shape index (κ1) is 15.4. The Morgan fingerprint density at radius 3 is 2.36 bits per heavy atom. The van der Waals surface area contributed by atoms with Crippen molar-refractivity contribution in [1.82, 2.24) is 9.13 Å². The fourth-order valence-electron chi connectivity index (χ4n) is 3.23. The third kappa shape index (κ3) is 2.39. The highest BCUT2D eigenvalue weighted by molar-refractivity contribution is 6.02. The lowest BCUT2D eigenvalue weighted by Crippen LogP contribution is -2.41. The van der Waals surface area contributed by atoms with Crippen molar-refractivity contribution >= 4 is 22.1 Å². The summed E-state index contributed by atoms with van der Waals surface area (Å²) in [5.74, 6) is 0. The van der Waals surface area contributed by atoms with E-state index in [9.17, 15) is 9.59 Å². The number of furan rings is 1. The van der Waals surface area contributed by atoms with Crippen molar-refractivity contribution in [2.24, 2.45) is 0 Å². The summed E-state index contributed by atoms with van der Waals surface area (Å²) in [7, 11) is 0. The highest BCUT2D eigenvalue weighted by Crippen LogP contribution is 2.26. The van der Waals surface area contributed by atoms with E-state index in [1.54, 1.807) is 4.57 Å².